The number of hydrogen-bond donors (Lipinski definition) is 2. The monoisotopic (exact) mass is 280 g/mol. The van der Waals surface area contributed by atoms with Gasteiger partial charge in [0.1, 0.15) is 0 Å². The van der Waals surface area contributed by atoms with Crippen molar-refractivity contribution in [2.24, 2.45) is 0 Å². The fourth-order valence-corrected chi connectivity index (χ4v) is 2.69. The van der Waals surface area contributed by atoms with Crippen molar-refractivity contribution in [1.82, 2.24) is 25.5 Å². The first-order chi connectivity index (χ1) is 10.4. The van der Waals surface area contributed by atoms with Crippen LogP contribution in [0, 0.1) is 0 Å². The van der Waals surface area contributed by atoms with Gasteiger partial charge in [-0.1, -0.05) is 18.2 Å². The average Bonchev–Trinajstić information content (AvgIpc) is 3.05. The second-order valence-corrected chi connectivity index (χ2v) is 5.10. The number of pyridine rings is 1. The summed E-state index contributed by atoms with van der Waals surface area (Å²) in [4.78, 5) is 11.2. The van der Waals surface area contributed by atoms with Crippen LogP contribution in [0.25, 0.3) is 22.3 Å². The zero-order chi connectivity index (χ0) is 14.1. The van der Waals surface area contributed by atoms with Gasteiger partial charge in [-0.15, -0.1) is 5.10 Å². The van der Waals surface area contributed by atoms with Crippen LogP contribution in [0.4, 0.5) is 5.95 Å². The largest absolute Gasteiger partial charge is 0.337 e. The molecule has 1 aromatic carbocycles. The van der Waals surface area contributed by atoms with Crippen LogP contribution in [-0.4, -0.2) is 46.3 Å². The van der Waals surface area contributed by atoms with Gasteiger partial charge in [0.15, 0.2) is 5.82 Å². The molecule has 1 aliphatic heterocycles. The van der Waals surface area contributed by atoms with Crippen LogP contribution in [0.5, 0.6) is 0 Å². The molecule has 0 amide bonds. The molecule has 0 aliphatic carbocycles. The van der Waals surface area contributed by atoms with Crippen LogP contribution < -0.4 is 10.2 Å². The summed E-state index contributed by atoms with van der Waals surface area (Å²) in [6.45, 7) is 3.83. The van der Waals surface area contributed by atoms with Crippen LogP contribution in [0.1, 0.15) is 0 Å². The van der Waals surface area contributed by atoms with E-state index in [9.17, 15) is 0 Å². The van der Waals surface area contributed by atoms with Crippen LogP contribution >= 0.6 is 0 Å². The molecular weight excluding hydrogens is 264 g/mol. The van der Waals surface area contributed by atoms with E-state index in [4.69, 9.17) is 0 Å². The Hall–Kier alpha value is -2.47. The highest BCUT2D eigenvalue weighted by Gasteiger charge is 2.16. The van der Waals surface area contributed by atoms with Crippen molar-refractivity contribution >= 4 is 16.9 Å². The molecule has 6 nitrogen and oxygen atoms in total. The second kappa shape index (κ2) is 5.14. The maximum Gasteiger partial charge on any atom is 0.245 e. The van der Waals surface area contributed by atoms with Crippen molar-refractivity contribution < 1.29 is 0 Å². The van der Waals surface area contributed by atoms with Gasteiger partial charge in [0.2, 0.25) is 5.95 Å². The van der Waals surface area contributed by atoms with Gasteiger partial charge >= 0.3 is 0 Å². The first-order valence-corrected chi connectivity index (χ1v) is 7.14. The number of aromatic nitrogens is 4. The Balaban J connectivity index is 1.74. The highest BCUT2D eigenvalue weighted by Crippen LogP contribution is 2.25. The number of anilines is 1. The minimum absolute atomic E-state index is 0.771. The molecule has 0 radical (unpaired) electrons. The van der Waals surface area contributed by atoms with Gasteiger partial charge in [0.25, 0.3) is 0 Å². The summed E-state index contributed by atoms with van der Waals surface area (Å²) in [5.41, 5.74) is 2.00. The van der Waals surface area contributed by atoms with Crippen LogP contribution in [-0.2, 0) is 0 Å². The summed E-state index contributed by atoms with van der Waals surface area (Å²) >= 11 is 0. The smallest absolute Gasteiger partial charge is 0.245 e. The fraction of sp³-hybridized carbons (Fsp3) is 0.267. The summed E-state index contributed by atoms with van der Waals surface area (Å²) in [5, 5.41) is 11.8. The standard InChI is InChI=1S/C15H16N6/c1-3-12(11-4-2-6-17-13(11)5-1)14-18-15(20-19-14)21-9-7-16-8-10-21/h1-6,16H,7-10H2,(H,18,19,20). The van der Waals surface area contributed by atoms with Gasteiger partial charge in [-0.05, 0) is 12.1 Å². The molecule has 1 aliphatic rings. The number of piperazine rings is 1. The lowest BCUT2D eigenvalue weighted by Gasteiger charge is -2.25. The molecule has 21 heavy (non-hydrogen) atoms. The predicted molar refractivity (Wildman–Crippen MR) is 82.2 cm³/mol. The number of fused-ring (bicyclic) bond motifs is 1. The lowest BCUT2D eigenvalue weighted by Crippen LogP contribution is -2.44. The summed E-state index contributed by atoms with van der Waals surface area (Å²) in [5.74, 6) is 1.56. The summed E-state index contributed by atoms with van der Waals surface area (Å²) < 4.78 is 0. The van der Waals surface area contributed by atoms with E-state index in [1.165, 1.54) is 0 Å². The van der Waals surface area contributed by atoms with Crippen molar-refractivity contribution in [3.05, 3.63) is 36.5 Å². The van der Waals surface area contributed by atoms with Gasteiger partial charge < -0.3 is 10.2 Å². The quantitative estimate of drug-likeness (QED) is 0.743. The minimum Gasteiger partial charge on any atom is -0.337 e. The lowest BCUT2D eigenvalue weighted by atomic mass is 10.1. The molecule has 1 fully saturated rings. The molecule has 2 N–H and O–H groups in total. The number of H-pyrrole nitrogens is 1. The van der Waals surface area contributed by atoms with E-state index in [-0.39, 0.29) is 0 Å². The Kier molecular flexibility index (Phi) is 3.01. The van der Waals surface area contributed by atoms with E-state index in [2.05, 4.69) is 36.4 Å². The first-order valence-electron chi connectivity index (χ1n) is 7.14. The topological polar surface area (TPSA) is 69.7 Å². The van der Waals surface area contributed by atoms with Crippen LogP contribution in [0.15, 0.2) is 36.5 Å². The molecule has 3 aromatic rings. The van der Waals surface area contributed by atoms with Crippen molar-refractivity contribution in [2.75, 3.05) is 31.1 Å². The van der Waals surface area contributed by atoms with Gasteiger partial charge in [0.05, 0.1) is 5.52 Å². The number of nitrogens with zero attached hydrogens (tertiary/aromatic N) is 4. The molecule has 0 spiro atoms. The van der Waals surface area contributed by atoms with E-state index in [0.29, 0.717) is 0 Å². The SMILES string of the molecule is c1cc(-c2nc(N3CCNCC3)n[nH]2)c2cccnc2c1. The highest BCUT2D eigenvalue weighted by molar-refractivity contribution is 5.92. The molecule has 2 aromatic heterocycles. The molecule has 0 saturated carbocycles. The second-order valence-electron chi connectivity index (χ2n) is 5.10. The number of nitrogens with one attached hydrogen (secondary N) is 2. The average molecular weight is 280 g/mol. The van der Waals surface area contributed by atoms with Crippen molar-refractivity contribution in [3.63, 3.8) is 0 Å². The van der Waals surface area contributed by atoms with E-state index < -0.39 is 0 Å². The summed E-state index contributed by atoms with van der Waals surface area (Å²) in [6.07, 6.45) is 1.80. The van der Waals surface area contributed by atoms with E-state index in [1.54, 1.807) is 6.20 Å². The van der Waals surface area contributed by atoms with Gasteiger partial charge in [0, 0.05) is 43.3 Å². The van der Waals surface area contributed by atoms with Crippen molar-refractivity contribution in [3.8, 4) is 11.4 Å². The molecule has 0 atom stereocenters. The normalized spacial score (nSPS) is 15.5. The van der Waals surface area contributed by atoms with Gasteiger partial charge in [-0.25, -0.2) is 0 Å². The Labute approximate surface area is 122 Å². The Morgan fingerprint density at radius 3 is 2.86 bits per heavy atom. The van der Waals surface area contributed by atoms with E-state index in [1.807, 2.05) is 24.3 Å². The maximum absolute atomic E-state index is 4.66. The summed E-state index contributed by atoms with van der Waals surface area (Å²) in [6, 6.07) is 10.1. The van der Waals surface area contributed by atoms with Gasteiger partial charge in [-0.3, -0.25) is 10.1 Å². The third-order valence-corrected chi connectivity index (χ3v) is 3.77. The van der Waals surface area contributed by atoms with Gasteiger partial charge in [-0.2, -0.15) is 4.98 Å². The maximum atomic E-state index is 4.66. The highest BCUT2D eigenvalue weighted by atomic mass is 15.4. The fourth-order valence-electron chi connectivity index (χ4n) is 2.69. The Bertz CT molecular complexity index is 754. The van der Waals surface area contributed by atoms with Crippen molar-refractivity contribution in [1.29, 1.82) is 0 Å². The third-order valence-electron chi connectivity index (χ3n) is 3.77. The van der Waals surface area contributed by atoms with E-state index >= 15 is 0 Å². The molecule has 106 valence electrons. The number of aromatic amines is 1. The number of rotatable bonds is 2. The molecule has 3 heterocycles. The number of benzene rings is 1. The first kappa shape index (κ1) is 12.3. The predicted octanol–water partition coefficient (Wildman–Crippen LogP) is 1.43. The molecule has 6 heteroatoms. The van der Waals surface area contributed by atoms with Crippen molar-refractivity contribution in [2.45, 2.75) is 0 Å². The van der Waals surface area contributed by atoms with E-state index in [0.717, 1.165) is 54.4 Å². The summed E-state index contributed by atoms with van der Waals surface area (Å²) in [7, 11) is 0. The zero-order valence-electron chi connectivity index (χ0n) is 11.6. The molecule has 0 unspecified atom stereocenters. The van der Waals surface area contributed by atoms with Crippen LogP contribution in [0.2, 0.25) is 0 Å². The number of hydrogen-bond acceptors (Lipinski definition) is 5. The lowest BCUT2D eigenvalue weighted by molar-refractivity contribution is 0.580. The Morgan fingerprint density at radius 1 is 1.05 bits per heavy atom. The molecular formula is C15H16N6. The molecule has 1 saturated heterocycles. The van der Waals surface area contributed by atoms with Crippen LogP contribution in [0.3, 0.4) is 0 Å². The molecule has 4 rings (SSSR count). The molecule has 0 bridgehead atoms. The Morgan fingerprint density at radius 2 is 1.95 bits per heavy atom. The third kappa shape index (κ3) is 2.23. The zero-order valence-corrected chi connectivity index (χ0v) is 11.6. The minimum atomic E-state index is 0.771.